The van der Waals surface area contributed by atoms with Crippen molar-refractivity contribution in [1.82, 2.24) is 5.43 Å². The van der Waals surface area contributed by atoms with Crippen molar-refractivity contribution in [1.29, 1.82) is 0 Å². The van der Waals surface area contributed by atoms with E-state index in [0.29, 0.717) is 17.0 Å². The highest BCUT2D eigenvalue weighted by Crippen LogP contribution is 2.14. The lowest BCUT2D eigenvalue weighted by molar-refractivity contribution is -0.307. The maximum Gasteiger partial charge on any atom is 0.307 e. The number of carbonyl (C=O) groups is 2. The van der Waals surface area contributed by atoms with Crippen LogP contribution in [0.3, 0.4) is 0 Å². The Bertz CT molecular complexity index is 692. The van der Waals surface area contributed by atoms with E-state index in [0.717, 1.165) is 0 Å². The third kappa shape index (κ3) is 4.20. The molecule has 0 fully saturated rings. The van der Waals surface area contributed by atoms with Gasteiger partial charge in [-0.15, -0.1) is 0 Å². The number of hydrogen-bond donors (Lipinski definition) is 1. The lowest BCUT2D eigenvalue weighted by Gasteiger charge is -2.08. The first-order valence-electron chi connectivity index (χ1n) is 6.37. The van der Waals surface area contributed by atoms with Gasteiger partial charge in [0.2, 0.25) is 0 Å². The molecule has 0 unspecified atom stereocenters. The molecular formula is C15H13N2O5-. The van der Waals surface area contributed by atoms with Crippen LogP contribution in [0.1, 0.15) is 23.0 Å². The van der Waals surface area contributed by atoms with Gasteiger partial charge in [-0.1, -0.05) is 12.1 Å². The number of nitrogens with zero attached hydrogens (tertiary/aromatic N) is 1. The van der Waals surface area contributed by atoms with Gasteiger partial charge in [-0.3, -0.25) is 4.79 Å². The van der Waals surface area contributed by atoms with Crippen molar-refractivity contribution in [3.05, 3.63) is 54.0 Å². The van der Waals surface area contributed by atoms with E-state index in [2.05, 4.69) is 10.5 Å². The molecule has 0 aliphatic heterocycles. The molecule has 0 aliphatic carbocycles. The van der Waals surface area contributed by atoms with E-state index >= 15 is 0 Å². The van der Waals surface area contributed by atoms with Crippen LogP contribution in [0.5, 0.6) is 5.75 Å². The van der Waals surface area contributed by atoms with Gasteiger partial charge in [0.05, 0.1) is 17.9 Å². The number of furan rings is 1. The minimum absolute atomic E-state index is 0.155. The van der Waals surface area contributed by atoms with Crippen LogP contribution in [0.2, 0.25) is 0 Å². The largest absolute Gasteiger partial charge is 0.546 e. The smallest absolute Gasteiger partial charge is 0.307 e. The van der Waals surface area contributed by atoms with E-state index in [9.17, 15) is 14.7 Å². The Morgan fingerprint density at radius 3 is 2.82 bits per heavy atom. The zero-order valence-electron chi connectivity index (χ0n) is 11.7. The van der Waals surface area contributed by atoms with Gasteiger partial charge < -0.3 is 19.1 Å². The van der Waals surface area contributed by atoms with Crippen molar-refractivity contribution in [2.75, 3.05) is 6.61 Å². The molecule has 0 bridgehead atoms. The number of benzene rings is 1. The second kappa shape index (κ2) is 7.07. The van der Waals surface area contributed by atoms with Crippen molar-refractivity contribution in [2.45, 2.75) is 6.92 Å². The fourth-order valence-electron chi connectivity index (χ4n) is 1.62. The number of ether oxygens (including phenoxy) is 1. The van der Waals surface area contributed by atoms with E-state index in [1.807, 2.05) is 0 Å². The lowest BCUT2D eigenvalue weighted by Crippen LogP contribution is -2.28. The third-order valence-corrected chi connectivity index (χ3v) is 2.68. The summed E-state index contributed by atoms with van der Waals surface area (Å²) < 4.78 is 9.97. The van der Waals surface area contributed by atoms with Crippen LogP contribution in [-0.4, -0.2) is 24.2 Å². The number of nitrogens with one attached hydrogen (secondary N) is 1. The van der Waals surface area contributed by atoms with Gasteiger partial charge >= 0.3 is 5.91 Å². The Kier molecular flexibility index (Phi) is 4.92. The van der Waals surface area contributed by atoms with Crippen molar-refractivity contribution in [3.63, 3.8) is 0 Å². The van der Waals surface area contributed by atoms with Crippen molar-refractivity contribution >= 4 is 17.6 Å². The van der Waals surface area contributed by atoms with Crippen molar-refractivity contribution in [2.24, 2.45) is 5.10 Å². The first-order valence-corrected chi connectivity index (χ1v) is 6.37. The maximum atomic E-state index is 11.7. The second-order valence-electron chi connectivity index (χ2n) is 4.30. The Labute approximate surface area is 126 Å². The molecule has 0 radical (unpaired) electrons. The van der Waals surface area contributed by atoms with Gasteiger partial charge in [0.1, 0.15) is 12.4 Å². The summed E-state index contributed by atoms with van der Waals surface area (Å²) in [6.07, 6.45) is 1.39. The Morgan fingerprint density at radius 1 is 1.32 bits per heavy atom. The van der Waals surface area contributed by atoms with Crippen LogP contribution < -0.4 is 15.3 Å². The number of aliphatic carboxylic acids is 1. The molecule has 22 heavy (non-hydrogen) atoms. The van der Waals surface area contributed by atoms with E-state index < -0.39 is 18.5 Å². The molecule has 7 heteroatoms. The first kappa shape index (κ1) is 15.3. The monoisotopic (exact) mass is 301 g/mol. The molecule has 1 aromatic heterocycles. The minimum atomic E-state index is -1.30. The summed E-state index contributed by atoms with van der Waals surface area (Å²) in [5, 5.41) is 14.3. The average molecular weight is 301 g/mol. The molecule has 1 amide bonds. The summed E-state index contributed by atoms with van der Waals surface area (Å²) in [6, 6.07) is 9.79. The van der Waals surface area contributed by atoms with E-state index in [-0.39, 0.29) is 5.76 Å². The predicted molar refractivity (Wildman–Crippen MR) is 75.3 cm³/mol. The molecule has 0 aliphatic rings. The Hall–Kier alpha value is -3.09. The standard InChI is InChI=1S/C15H14N2O5/c1-10(16-17-15(20)13-6-3-7-21-13)11-4-2-5-12(8-11)22-9-14(18)19/h2-8H,9H2,1H3,(H,17,20)(H,18,19)/p-1/b16-10-. The molecule has 0 saturated carbocycles. The van der Waals surface area contributed by atoms with Gasteiger partial charge in [-0.05, 0) is 31.2 Å². The number of carboxylic acid groups (broad SMARTS) is 1. The SMILES string of the molecule is C/C(=N/NC(=O)c1ccco1)c1cccc(OCC(=O)[O-])c1. The molecule has 0 saturated heterocycles. The summed E-state index contributed by atoms with van der Waals surface area (Å²) in [7, 11) is 0. The quantitative estimate of drug-likeness (QED) is 0.620. The molecule has 114 valence electrons. The topological polar surface area (TPSA) is 104 Å². The van der Waals surface area contributed by atoms with Gasteiger partial charge in [0, 0.05) is 5.56 Å². The normalized spacial score (nSPS) is 11.0. The molecule has 1 heterocycles. The molecule has 1 N–H and O–H groups in total. The van der Waals surface area contributed by atoms with Gasteiger partial charge in [0.15, 0.2) is 5.76 Å². The first-order chi connectivity index (χ1) is 10.6. The van der Waals surface area contributed by atoms with Crippen LogP contribution in [0.15, 0.2) is 52.2 Å². The summed E-state index contributed by atoms with van der Waals surface area (Å²) in [5.41, 5.74) is 3.57. The van der Waals surface area contributed by atoms with Crippen molar-refractivity contribution in [3.8, 4) is 5.75 Å². The third-order valence-electron chi connectivity index (χ3n) is 2.68. The number of carboxylic acids is 1. The molecule has 2 rings (SSSR count). The Morgan fingerprint density at radius 2 is 2.14 bits per heavy atom. The minimum Gasteiger partial charge on any atom is -0.546 e. The van der Waals surface area contributed by atoms with Gasteiger partial charge in [0.25, 0.3) is 0 Å². The number of carbonyl (C=O) groups excluding carboxylic acids is 2. The highest BCUT2D eigenvalue weighted by Gasteiger charge is 2.07. The van der Waals surface area contributed by atoms with E-state index in [1.165, 1.54) is 12.3 Å². The van der Waals surface area contributed by atoms with Crippen LogP contribution in [-0.2, 0) is 4.79 Å². The molecule has 7 nitrogen and oxygen atoms in total. The summed E-state index contributed by atoms with van der Waals surface area (Å²) in [4.78, 5) is 22.0. The van der Waals surface area contributed by atoms with E-state index in [1.54, 1.807) is 37.3 Å². The predicted octanol–water partition coefficient (Wildman–Crippen LogP) is 0.562. The van der Waals surface area contributed by atoms with Crippen LogP contribution in [0, 0.1) is 0 Å². The average Bonchev–Trinajstić information content (AvgIpc) is 3.05. The number of amides is 1. The van der Waals surface area contributed by atoms with Gasteiger partial charge in [-0.2, -0.15) is 5.10 Å². The highest BCUT2D eigenvalue weighted by molar-refractivity contribution is 6.00. The maximum absolute atomic E-state index is 11.7. The van der Waals surface area contributed by atoms with Crippen LogP contribution in [0.4, 0.5) is 0 Å². The van der Waals surface area contributed by atoms with Crippen LogP contribution >= 0.6 is 0 Å². The summed E-state index contributed by atoms with van der Waals surface area (Å²) in [6.45, 7) is 1.16. The molecular weight excluding hydrogens is 288 g/mol. The molecule has 0 atom stereocenters. The molecule has 1 aromatic carbocycles. The Balaban J connectivity index is 2.03. The van der Waals surface area contributed by atoms with Gasteiger partial charge in [-0.25, -0.2) is 5.43 Å². The zero-order chi connectivity index (χ0) is 15.9. The number of rotatable bonds is 6. The van der Waals surface area contributed by atoms with Crippen molar-refractivity contribution < 1.29 is 23.8 Å². The lowest BCUT2D eigenvalue weighted by atomic mass is 10.1. The second-order valence-corrected chi connectivity index (χ2v) is 4.30. The fraction of sp³-hybridized carbons (Fsp3) is 0.133. The highest BCUT2D eigenvalue weighted by atomic mass is 16.5. The number of hydrogen-bond acceptors (Lipinski definition) is 6. The van der Waals surface area contributed by atoms with E-state index in [4.69, 9.17) is 9.15 Å². The molecule has 0 spiro atoms. The van der Waals surface area contributed by atoms with Crippen LogP contribution in [0.25, 0.3) is 0 Å². The zero-order valence-corrected chi connectivity index (χ0v) is 11.7. The summed E-state index contributed by atoms with van der Waals surface area (Å²) >= 11 is 0. The number of hydrazone groups is 1. The molecule has 2 aromatic rings. The summed E-state index contributed by atoms with van der Waals surface area (Å²) in [5.74, 6) is -1.24. The fourth-order valence-corrected chi connectivity index (χ4v) is 1.62.